The van der Waals surface area contributed by atoms with Gasteiger partial charge in [-0.25, -0.2) is 8.42 Å². The van der Waals surface area contributed by atoms with Crippen LogP contribution in [0.5, 0.6) is 5.75 Å². The second kappa shape index (κ2) is 15.9. The molecule has 1 saturated carbocycles. The van der Waals surface area contributed by atoms with E-state index in [1.54, 1.807) is 33.1 Å². The van der Waals surface area contributed by atoms with Crippen LogP contribution >= 0.6 is 0 Å². The summed E-state index contributed by atoms with van der Waals surface area (Å²) in [5.74, 6) is 1.66. The lowest BCUT2D eigenvalue weighted by Gasteiger charge is -2.42. The van der Waals surface area contributed by atoms with Gasteiger partial charge in [0.15, 0.2) is 0 Å². The van der Waals surface area contributed by atoms with Crippen LogP contribution in [0.15, 0.2) is 47.4 Å². The number of methoxy groups -OCH3 is 1. The van der Waals surface area contributed by atoms with Gasteiger partial charge in [0.1, 0.15) is 12.4 Å². The van der Waals surface area contributed by atoms with Crippen molar-refractivity contribution >= 4 is 15.9 Å². The first-order valence-electron chi connectivity index (χ1n) is 16.6. The Labute approximate surface area is 269 Å². The van der Waals surface area contributed by atoms with Crippen LogP contribution in [0.4, 0.5) is 0 Å². The Morgan fingerprint density at radius 2 is 1.69 bits per heavy atom. The molecule has 2 saturated heterocycles. The third-order valence-corrected chi connectivity index (χ3v) is 12.1. The fourth-order valence-electron chi connectivity index (χ4n) is 7.48. The number of carbonyl (C=O) groups is 1. The molecule has 1 aliphatic carbocycles. The smallest absolute Gasteiger partial charge is 0.246 e. The summed E-state index contributed by atoms with van der Waals surface area (Å²) < 4.78 is 45.2. The standard InChI is InChI=1S/C35H51N3O6S/c1-26-21-32(42-3)22-27(2)35(26)45(40,41)38-16-15-31(24-38)44-25-34(39)36-23-29-9-12-30(13-10-29)33(37-17-19-43-20-18-37)14-11-28-7-5-4-6-8-28/h4-8,21-22,29-31,33H,9-20,23-25H2,1-3H3,(H,36,39). The van der Waals surface area contributed by atoms with Gasteiger partial charge >= 0.3 is 0 Å². The van der Waals surface area contributed by atoms with E-state index in [0.29, 0.717) is 59.2 Å². The highest BCUT2D eigenvalue weighted by atomic mass is 32.2. The molecule has 2 aromatic rings. The summed E-state index contributed by atoms with van der Waals surface area (Å²) in [5.41, 5.74) is 2.73. The van der Waals surface area contributed by atoms with Crippen LogP contribution in [0.1, 0.15) is 55.2 Å². The van der Waals surface area contributed by atoms with Crippen LogP contribution in [0.25, 0.3) is 0 Å². The highest BCUT2D eigenvalue weighted by molar-refractivity contribution is 7.89. The number of rotatable bonds is 13. The first-order valence-corrected chi connectivity index (χ1v) is 18.1. The fraction of sp³-hybridized carbons (Fsp3) is 0.629. The molecule has 0 bridgehead atoms. The van der Waals surface area contributed by atoms with Gasteiger partial charge in [-0.2, -0.15) is 4.31 Å². The molecule has 248 valence electrons. The van der Waals surface area contributed by atoms with E-state index in [4.69, 9.17) is 14.2 Å². The van der Waals surface area contributed by atoms with Crippen molar-refractivity contribution in [2.45, 2.75) is 75.8 Å². The quantitative estimate of drug-likeness (QED) is 0.348. The number of carbonyl (C=O) groups excluding carboxylic acids is 1. The van der Waals surface area contributed by atoms with Gasteiger partial charge in [0.2, 0.25) is 15.9 Å². The minimum absolute atomic E-state index is 0.0485. The van der Waals surface area contributed by atoms with Crippen molar-refractivity contribution in [1.29, 1.82) is 0 Å². The van der Waals surface area contributed by atoms with Crippen LogP contribution < -0.4 is 10.1 Å². The predicted octanol–water partition coefficient (Wildman–Crippen LogP) is 4.35. The Morgan fingerprint density at radius 3 is 2.36 bits per heavy atom. The van der Waals surface area contributed by atoms with E-state index in [0.717, 1.165) is 45.6 Å². The Kier molecular flexibility index (Phi) is 11.9. The molecule has 1 amide bonds. The van der Waals surface area contributed by atoms with E-state index < -0.39 is 10.0 Å². The summed E-state index contributed by atoms with van der Waals surface area (Å²) >= 11 is 0. The lowest BCUT2D eigenvalue weighted by molar-refractivity contribution is -0.127. The molecule has 0 radical (unpaired) electrons. The molecule has 9 nitrogen and oxygen atoms in total. The van der Waals surface area contributed by atoms with Crippen LogP contribution in [-0.2, 0) is 30.7 Å². The Bertz CT molecular complexity index is 1330. The molecular formula is C35H51N3O6S. The number of morpholine rings is 1. The number of sulfonamides is 1. The van der Waals surface area contributed by atoms with Crippen LogP contribution in [0.2, 0.25) is 0 Å². The maximum Gasteiger partial charge on any atom is 0.246 e. The maximum atomic E-state index is 13.4. The summed E-state index contributed by atoms with van der Waals surface area (Å²) in [4.78, 5) is 15.7. The highest BCUT2D eigenvalue weighted by Crippen LogP contribution is 2.35. The molecule has 3 aliphatic rings. The Morgan fingerprint density at radius 1 is 1.00 bits per heavy atom. The van der Waals surface area contributed by atoms with Gasteiger partial charge in [-0.1, -0.05) is 30.3 Å². The topological polar surface area (TPSA) is 97.4 Å². The summed E-state index contributed by atoms with van der Waals surface area (Å²) in [6.45, 7) is 8.50. The van der Waals surface area contributed by atoms with E-state index in [1.807, 2.05) is 0 Å². The number of amides is 1. The van der Waals surface area contributed by atoms with Crippen LogP contribution in [-0.4, -0.2) is 95.3 Å². The van der Waals surface area contributed by atoms with Gasteiger partial charge in [-0.15, -0.1) is 0 Å². The highest BCUT2D eigenvalue weighted by Gasteiger charge is 2.36. The number of nitrogens with one attached hydrogen (secondary N) is 1. The van der Waals surface area contributed by atoms with Crippen molar-refractivity contribution in [1.82, 2.24) is 14.5 Å². The first kappa shape index (κ1) is 33.9. The minimum Gasteiger partial charge on any atom is -0.497 e. The average Bonchev–Trinajstić information content (AvgIpc) is 3.54. The van der Waals surface area contributed by atoms with Crippen LogP contribution in [0, 0.1) is 25.7 Å². The molecule has 5 rings (SSSR count). The molecule has 3 fully saturated rings. The molecular weight excluding hydrogens is 590 g/mol. The second-order valence-electron chi connectivity index (χ2n) is 13.0. The van der Waals surface area contributed by atoms with E-state index in [9.17, 15) is 13.2 Å². The summed E-state index contributed by atoms with van der Waals surface area (Å²) in [7, 11) is -2.10. The van der Waals surface area contributed by atoms with Crippen LogP contribution in [0.3, 0.4) is 0 Å². The summed E-state index contributed by atoms with van der Waals surface area (Å²) in [6, 6.07) is 14.9. The van der Waals surface area contributed by atoms with Gasteiger partial charge < -0.3 is 19.5 Å². The maximum absolute atomic E-state index is 13.4. The number of aryl methyl sites for hydroxylation is 3. The molecule has 0 aromatic heterocycles. The Hall–Kier alpha value is -2.50. The third kappa shape index (κ3) is 8.86. The average molecular weight is 642 g/mol. The largest absolute Gasteiger partial charge is 0.497 e. The van der Waals surface area contributed by atoms with Crippen molar-refractivity contribution in [3.63, 3.8) is 0 Å². The Balaban J connectivity index is 1.04. The van der Waals surface area contributed by atoms with Crippen molar-refractivity contribution in [3.8, 4) is 5.75 Å². The molecule has 2 heterocycles. The number of hydrogen-bond acceptors (Lipinski definition) is 7. The molecule has 2 aromatic carbocycles. The molecule has 10 heteroatoms. The lowest BCUT2D eigenvalue weighted by Crippen LogP contribution is -2.48. The molecule has 2 atom stereocenters. The van der Waals surface area contributed by atoms with Crippen molar-refractivity contribution in [2.24, 2.45) is 11.8 Å². The lowest BCUT2D eigenvalue weighted by atomic mass is 9.76. The predicted molar refractivity (Wildman–Crippen MR) is 175 cm³/mol. The summed E-state index contributed by atoms with van der Waals surface area (Å²) in [6.07, 6.45) is 7.17. The molecule has 2 aliphatic heterocycles. The number of hydrogen-bond donors (Lipinski definition) is 1. The van der Waals surface area contributed by atoms with E-state index in [2.05, 4.69) is 40.5 Å². The van der Waals surface area contributed by atoms with Gasteiger partial charge in [-0.3, -0.25) is 9.69 Å². The molecule has 0 spiro atoms. The normalized spacial score (nSPS) is 23.9. The monoisotopic (exact) mass is 641 g/mol. The zero-order chi connectivity index (χ0) is 31.8. The van der Waals surface area contributed by atoms with Crippen molar-refractivity contribution in [2.75, 3.05) is 59.7 Å². The fourth-order valence-corrected chi connectivity index (χ4v) is 9.38. The molecule has 45 heavy (non-hydrogen) atoms. The van der Waals surface area contributed by atoms with E-state index >= 15 is 0 Å². The van der Waals surface area contributed by atoms with E-state index in [1.165, 1.54) is 29.1 Å². The zero-order valence-corrected chi connectivity index (χ0v) is 28.0. The van der Waals surface area contributed by atoms with E-state index in [-0.39, 0.29) is 25.2 Å². The second-order valence-corrected chi connectivity index (χ2v) is 14.9. The van der Waals surface area contributed by atoms with Gasteiger partial charge in [0.05, 0.1) is 31.3 Å². The van der Waals surface area contributed by atoms with Gasteiger partial charge in [-0.05, 0) is 99.5 Å². The summed E-state index contributed by atoms with van der Waals surface area (Å²) in [5, 5.41) is 3.09. The molecule has 1 N–H and O–H groups in total. The number of ether oxygens (including phenoxy) is 3. The number of benzene rings is 2. The van der Waals surface area contributed by atoms with Gasteiger partial charge in [0.25, 0.3) is 0 Å². The zero-order valence-electron chi connectivity index (χ0n) is 27.2. The van der Waals surface area contributed by atoms with Gasteiger partial charge in [0, 0.05) is 38.8 Å². The van der Waals surface area contributed by atoms with Crippen molar-refractivity contribution in [3.05, 3.63) is 59.2 Å². The van der Waals surface area contributed by atoms with Crippen molar-refractivity contribution < 1.29 is 27.4 Å². The third-order valence-electron chi connectivity index (χ3n) is 9.94. The minimum atomic E-state index is -3.67. The first-order chi connectivity index (χ1) is 21.7. The SMILES string of the molecule is COc1cc(C)c(S(=O)(=O)N2CCC(OCC(=O)NCC3CCC(C(CCc4ccccc4)N4CCOCC4)CC3)C2)c(C)c1. The molecule has 2 unspecified atom stereocenters. The number of nitrogens with zero attached hydrogens (tertiary/aromatic N) is 2.